The molecule has 1 rings (SSSR count). The normalized spacial score (nSPS) is 14.2. The summed E-state index contributed by atoms with van der Waals surface area (Å²) in [6, 6.07) is 0.590. The van der Waals surface area contributed by atoms with Crippen LogP contribution in [0, 0.1) is 5.41 Å². The van der Waals surface area contributed by atoms with Gasteiger partial charge in [0.25, 0.3) is 0 Å². The SMILES string of the molecule is CC(N(C)CCCc1nc(CCl)cs1)C(C)(C)C. The van der Waals surface area contributed by atoms with Crippen LogP contribution in [0.15, 0.2) is 5.38 Å². The molecule has 0 N–H and O–H groups in total. The van der Waals surface area contributed by atoms with E-state index in [0.29, 0.717) is 17.3 Å². The standard InChI is InChI=1S/C14H25ClN2S/c1-11(14(2,3)4)17(5)8-6-7-13-16-12(9-15)10-18-13/h10-11H,6-9H2,1-5H3. The molecular weight excluding hydrogens is 264 g/mol. The molecule has 1 unspecified atom stereocenters. The van der Waals surface area contributed by atoms with Crippen LogP contribution in [-0.2, 0) is 12.3 Å². The van der Waals surface area contributed by atoms with Gasteiger partial charge in [0.1, 0.15) is 0 Å². The lowest BCUT2D eigenvalue weighted by Gasteiger charge is -2.35. The minimum Gasteiger partial charge on any atom is -0.303 e. The lowest BCUT2D eigenvalue weighted by atomic mass is 9.87. The van der Waals surface area contributed by atoms with Crippen LogP contribution in [0.5, 0.6) is 0 Å². The molecule has 0 saturated carbocycles. The van der Waals surface area contributed by atoms with Crippen molar-refractivity contribution >= 4 is 22.9 Å². The smallest absolute Gasteiger partial charge is 0.0929 e. The second-order valence-electron chi connectivity index (χ2n) is 5.99. The van der Waals surface area contributed by atoms with Gasteiger partial charge in [0.05, 0.1) is 16.6 Å². The Morgan fingerprint density at radius 3 is 2.61 bits per heavy atom. The minimum atomic E-state index is 0.335. The van der Waals surface area contributed by atoms with Crippen LogP contribution < -0.4 is 0 Å². The first-order valence-electron chi connectivity index (χ1n) is 6.54. The van der Waals surface area contributed by atoms with Gasteiger partial charge in [0.15, 0.2) is 0 Å². The molecule has 0 aromatic carbocycles. The number of alkyl halides is 1. The first kappa shape index (κ1) is 15.9. The molecule has 0 radical (unpaired) electrons. The second-order valence-corrected chi connectivity index (χ2v) is 7.20. The molecule has 0 fully saturated rings. The highest BCUT2D eigenvalue weighted by atomic mass is 35.5. The zero-order valence-electron chi connectivity index (χ0n) is 12.2. The van der Waals surface area contributed by atoms with E-state index in [1.54, 1.807) is 11.3 Å². The number of rotatable bonds is 6. The first-order chi connectivity index (χ1) is 8.34. The van der Waals surface area contributed by atoms with Crippen molar-refractivity contribution < 1.29 is 0 Å². The summed E-state index contributed by atoms with van der Waals surface area (Å²) in [5, 5.41) is 3.27. The Kier molecular flexibility index (Phi) is 6.09. The van der Waals surface area contributed by atoms with Crippen molar-refractivity contribution in [3.05, 3.63) is 16.1 Å². The molecule has 2 nitrogen and oxygen atoms in total. The average Bonchev–Trinajstić information content (AvgIpc) is 2.74. The summed E-state index contributed by atoms with van der Waals surface area (Å²) in [7, 11) is 2.21. The van der Waals surface area contributed by atoms with Gasteiger partial charge in [0.2, 0.25) is 0 Å². The Hall–Kier alpha value is -0.120. The van der Waals surface area contributed by atoms with Crippen molar-refractivity contribution in [1.82, 2.24) is 9.88 Å². The number of hydrogen-bond acceptors (Lipinski definition) is 3. The molecule has 18 heavy (non-hydrogen) atoms. The Morgan fingerprint density at radius 2 is 2.11 bits per heavy atom. The van der Waals surface area contributed by atoms with Crippen molar-refractivity contribution in [2.24, 2.45) is 5.41 Å². The number of hydrogen-bond donors (Lipinski definition) is 0. The van der Waals surface area contributed by atoms with Crippen molar-refractivity contribution in [3.63, 3.8) is 0 Å². The molecule has 1 aromatic heterocycles. The van der Waals surface area contributed by atoms with E-state index in [1.165, 1.54) is 5.01 Å². The molecule has 0 amide bonds. The molecule has 0 aliphatic rings. The van der Waals surface area contributed by atoms with Gasteiger partial charge >= 0.3 is 0 Å². The molecule has 4 heteroatoms. The highest BCUT2D eigenvalue weighted by molar-refractivity contribution is 7.09. The van der Waals surface area contributed by atoms with E-state index in [0.717, 1.165) is 25.1 Å². The Balaban J connectivity index is 2.33. The quantitative estimate of drug-likeness (QED) is 0.730. The van der Waals surface area contributed by atoms with Crippen LogP contribution in [0.1, 0.15) is 44.8 Å². The summed E-state index contributed by atoms with van der Waals surface area (Å²) in [4.78, 5) is 6.93. The number of aryl methyl sites for hydroxylation is 1. The van der Waals surface area contributed by atoms with Gasteiger partial charge in [-0.05, 0) is 32.4 Å². The molecular formula is C14H25ClN2S. The maximum Gasteiger partial charge on any atom is 0.0929 e. The lowest BCUT2D eigenvalue weighted by Crippen LogP contribution is -2.39. The highest BCUT2D eigenvalue weighted by Crippen LogP contribution is 2.23. The van der Waals surface area contributed by atoms with Crippen LogP contribution in [0.2, 0.25) is 0 Å². The monoisotopic (exact) mass is 288 g/mol. The summed E-state index contributed by atoms with van der Waals surface area (Å²) < 4.78 is 0. The van der Waals surface area contributed by atoms with Crippen molar-refractivity contribution in [3.8, 4) is 0 Å². The van der Waals surface area contributed by atoms with E-state index < -0.39 is 0 Å². The fraction of sp³-hybridized carbons (Fsp3) is 0.786. The summed E-state index contributed by atoms with van der Waals surface area (Å²) in [6.45, 7) is 10.3. The highest BCUT2D eigenvalue weighted by Gasteiger charge is 2.23. The van der Waals surface area contributed by atoms with Crippen LogP contribution in [0.25, 0.3) is 0 Å². The maximum atomic E-state index is 5.75. The first-order valence-corrected chi connectivity index (χ1v) is 7.95. The fourth-order valence-electron chi connectivity index (χ4n) is 1.86. The summed E-state index contributed by atoms with van der Waals surface area (Å²) in [5.41, 5.74) is 1.34. The van der Waals surface area contributed by atoms with E-state index in [9.17, 15) is 0 Å². The molecule has 104 valence electrons. The zero-order chi connectivity index (χ0) is 13.8. The minimum absolute atomic E-state index is 0.335. The van der Waals surface area contributed by atoms with Gasteiger partial charge in [0, 0.05) is 17.8 Å². The van der Waals surface area contributed by atoms with Crippen molar-refractivity contribution in [2.75, 3.05) is 13.6 Å². The molecule has 1 atom stereocenters. The molecule has 1 heterocycles. The number of thiazole rings is 1. The summed E-state index contributed by atoms with van der Waals surface area (Å²) >= 11 is 7.48. The molecule has 1 aromatic rings. The van der Waals surface area contributed by atoms with Gasteiger partial charge < -0.3 is 4.90 Å². The molecule has 0 saturated heterocycles. The third kappa shape index (κ3) is 4.87. The van der Waals surface area contributed by atoms with Crippen LogP contribution in [0.3, 0.4) is 0 Å². The van der Waals surface area contributed by atoms with Crippen LogP contribution in [0.4, 0.5) is 0 Å². The van der Waals surface area contributed by atoms with E-state index in [1.807, 2.05) is 0 Å². The summed E-state index contributed by atoms with van der Waals surface area (Å²) in [5.74, 6) is 0.525. The summed E-state index contributed by atoms with van der Waals surface area (Å²) in [6.07, 6.45) is 2.22. The van der Waals surface area contributed by atoms with E-state index in [4.69, 9.17) is 11.6 Å². The Labute approximate surface area is 120 Å². The maximum absolute atomic E-state index is 5.75. The zero-order valence-corrected chi connectivity index (χ0v) is 13.7. The van der Waals surface area contributed by atoms with Crippen LogP contribution >= 0.6 is 22.9 Å². The van der Waals surface area contributed by atoms with Crippen molar-refractivity contribution in [1.29, 1.82) is 0 Å². The van der Waals surface area contributed by atoms with Crippen molar-refractivity contribution in [2.45, 2.75) is 52.5 Å². The van der Waals surface area contributed by atoms with E-state index in [2.05, 4.69) is 50.0 Å². The third-order valence-corrected chi connectivity index (χ3v) is 4.78. The van der Waals surface area contributed by atoms with Crippen LogP contribution in [-0.4, -0.2) is 29.5 Å². The second kappa shape index (κ2) is 6.88. The van der Waals surface area contributed by atoms with Gasteiger partial charge in [-0.2, -0.15) is 0 Å². The van der Waals surface area contributed by atoms with Gasteiger partial charge in [-0.15, -0.1) is 22.9 Å². The van der Waals surface area contributed by atoms with E-state index in [-0.39, 0.29) is 0 Å². The Bertz CT molecular complexity index is 357. The largest absolute Gasteiger partial charge is 0.303 e. The number of halogens is 1. The fourth-order valence-corrected chi connectivity index (χ4v) is 2.93. The molecule has 0 spiro atoms. The Morgan fingerprint density at radius 1 is 1.44 bits per heavy atom. The number of nitrogens with zero attached hydrogens (tertiary/aromatic N) is 2. The predicted octanol–water partition coefficient (Wildman–Crippen LogP) is 4.18. The number of aromatic nitrogens is 1. The molecule has 0 aliphatic heterocycles. The third-order valence-electron chi connectivity index (χ3n) is 3.55. The topological polar surface area (TPSA) is 16.1 Å². The average molecular weight is 289 g/mol. The van der Waals surface area contributed by atoms with Gasteiger partial charge in [-0.3, -0.25) is 0 Å². The lowest BCUT2D eigenvalue weighted by molar-refractivity contribution is 0.140. The predicted molar refractivity (Wildman–Crippen MR) is 81.5 cm³/mol. The van der Waals surface area contributed by atoms with Gasteiger partial charge in [-0.25, -0.2) is 4.98 Å². The van der Waals surface area contributed by atoms with E-state index >= 15 is 0 Å². The van der Waals surface area contributed by atoms with Gasteiger partial charge in [-0.1, -0.05) is 20.8 Å². The molecule has 0 aliphatic carbocycles. The molecule has 0 bridgehead atoms.